The van der Waals surface area contributed by atoms with Gasteiger partial charge in [0.15, 0.2) is 0 Å². The van der Waals surface area contributed by atoms with Gasteiger partial charge in [-0.25, -0.2) is 0 Å². The molecule has 0 atom stereocenters. The van der Waals surface area contributed by atoms with Gasteiger partial charge in [-0.3, -0.25) is 4.39 Å². The molecule has 0 spiro atoms. The van der Waals surface area contributed by atoms with Crippen molar-refractivity contribution in [3.8, 4) is 0 Å². The molecule has 0 aromatic heterocycles. The second-order valence-corrected chi connectivity index (χ2v) is 1.68. The molecule has 0 aliphatic carbocycles. The van der Waals surface area contributed by atoms with Gasteiger partial charge in [0.1, 0.15) is 0 Å². The van der Waals surface area contributed by atoms with Crippen molar-refractivity contribution in [2.75, 3.05) is 0 Å². The molecule has 0 aliphatic heterocycles. The second-order valence-electron chi connectivity index (χ2n) is 1.68. The normalized spacial score (nSPS) is 8.22. The van der Waals surface area contributed by atoms with Crippen LogP contribution in [0.25, 0.3) is 0 Å². The van der Waals surface area contributed by atoms with Gasteiger partial charge in [-0.2, -0.15) is 18.2 Å². The van der Waals surface area contributed by atoms with E-state index in [1.165, 1.54) is 6.07 Å². The Morgan fingerprint density at radius 3 is 2.56 bits per heavy atom. The zero-order valence-corrected chi connectivity index (χ0v) is 5.61. The van der Waals surface area contributed by atoms with Gasteiger partial charge in [0.2, 0.25) is 0 Å². The van der Waals surface area contributed by atoms with Crippen molar-refractivity contribution in [2.24, 2.45) is 0 Å². The van der Waals surface area contributed by atoms with E-state index in [2.05, 4.69) is 6.07 Å². The van der Waals surface area contributed by atoms with Crippen LogP contribution in [0.1, 0.15) is 5.56 Å². The van der Waals surface area contributed by atoms with E-state index in [1.54, 1.807) is 19.1 Å². The second kappa shape index (κ2) is 3.71. The van der Waals surface area contributed by atoms with Crippen molar-refractivity contribution < 1.29 is 23.3 Å². The van der Waals surface area contributed by atoms with Crippen LogP contribution in [0, 0.1) is 18.8 Å². The molecule has 0 fully saturated rings. The Bertz CT molecular complexity index is 165. The molecule has 1 rings (SSSR count). The zero-order valence-electron chi connectivity index (χ0n) is 5.61. The third-order valence-electron chi connectivity index (χ3n) is 1.02. The maximum Gasteiger partial charge on any atom is 1.00 e. The molecule has 0 nitrogen and oxygen atoms in total. The summed E-state index contributed by atoms with van der Waals surface area (Å²) < 4.78 is 12.3. The van der Waals surface area contributed by atoms with Crippen molar-refractivity contribution in [2.45, 2.75) is 6.92 Å². The molecule has 0 bridgehead atoms. The van der Waals surface area contributed by atoms with E-state index < -0.39 is 0 Å². The van der Waals surface area contributed by atoms with Gasteiger partial charge in [-0.1, -0.05) is 6.92 Å². The first kappa shape index (κ1) is 8.75. The summed E-state index contributed by atoms with van der Waals surface area (Å²) in [6, 6.07) is 7.34. The van der Waals surface area contributed by atoms with E-state index in [-0.39, 0.29) is 24.7 Å². The van der Waals surface area contributed by atoms with Gasteiger partial charge in [-0.05, 0) is 0 Å². The van der Waals surface area contributed by atoms with Gasteiger partial charge in [0.25, 0.3) is 0 Å². The quantitative estimate of drug-likeness (QED) is 0.299. The molecule has 0 unspecified atom stereocenters. The molecular formula is C7H6FLi. The van der Waals surface area contributed by atoms with Crippen LogP contribution in [0.2, 0.25) is 0 Å². The van der Waals surface area contributed by atoms with Gasteiger partial charge < -0.3 is 0 Å². The molecule has 0 radical (unpaired) electrons. The topological polar surface area (TPSA) is 0 Å². The average molecular weight is 116 g/mol. The van der Waals surface area contributed by atoms with Gasteiger partial charge >= 0.3 is 18.9 Å². The fourth-order valence-electron chi connectivity index (χ4n) is 0.488. The smallest absolute Gasteiger partial charge is 0.284 e. The maximum absolute atomic E-state index is 12.3. The number of hydrogen-bond donors (Lipinski definition) is 0. The molecule has 0 N–H and O–H groups in total. The van der Waals surface area contributed by atoms with Crippen LogP contribution in [0.4, 0.5) is 4.39 Å². The van der Waals surface area contributed by atoms with E-state index in [0.717, 1.165) is 0 Å². The van der Waals surface area contributed by atoms with Crippen molar-refractivity contribution in [1.29, 1.82) is 0 Å². The predicted molar refractivity (Wildman–Crippen MR) is 30.0 cm³/mol. The third-order valence-corrected chi connectivity index (χ3v) is 1.02. The SMILES string of the molecule is Cc1cc[c-]cc1F.[Li+]. The van der Waals surface area contributed by atoms with Crippen LogP contribution >= 0.6 is 0 Å². The van der Waals surface area contributed by atoms with Crippen molar-refractivity contribution in [3.63, 3.8) is 0 Å². The third kappa shape index (κ3) is 2.22. The largest absolute Gasteiger partial charge is 1.00 e. The van der Waals surface area contributed by atoms with Crippen LogP contribution in [0.15, 0.2) is 18.2 Å². The van der Waals surface area contributed by atoms with Gasteiger partial charge in [0.05, 0.1) is 0 Å². The van der Waals surface area contributed by atoms with Crippen LogP contribution in [-0.2, 0) is 0 Å². The monoisotopic (exact) mass is 116 g/mol. The van der Waals surface area contributed by atoms with Crippen LogP contribution < -0.4 is 18.9 Å². The Labute approximate surface area is 66.3 Å². The molecule has 1 aromatic carbocycles. The van der Waals surface area contributed by atoms with Gasteiger partial charge in [-0.15, -0.1) is 11.6 Å². The Balaban J connectivity index is 0.000000640. The summed E-state index contributed by atoms with van der Waals surface area (Å²) >= 11 is 0. The summed E-state index contributed by atoms with van der Waals surface area (Å²) in [5.74, 6) is -0.187. The summed E-state index contributed by atoms with van der Waals surface area (Å²) in [5, 5.41) is 0. The number of hydrogen-bond acceptors (Lipinski definition) is 0. The van der Waals surface area contributed by atoms with E-state index in [1.807, 2.05) is 0 Å². The summed E-state index contributed by atoms with van der Waals surface area (Å²) in [7, 11) is 0. The summed E-state index contributed by atoms with van der Waals surface area (Å²) in [5.41, 5.74) is 0.670. The minimum Gasteiger partial charge on any atom is -0.284 e. The van der Waals surface area contributed by atoms with Crippen molar-refractivity contribution >= 4 is 0 Å². The Hall–Kier alpha value is -0.253. The van der Waals surface area contributed by atoms with Crippen molar-refractivity contribution in [1.82, 2.24) is 0 Å². The number of halogens is 1. The Kier molecular flexibility index (Phi) is 3.61. The fourth-order valence-corrected chi connectivity index (χ4v) is 0.488. The standard InChI is InChI=1S/C7H6F.Li/c1-6-4-2-3-5-7(6)8;/h2,4-5H,1H3;/q-1;+1. The molecule has 9 heavy (non-hydrogen) atoms. The molecule has 0 heterocycles. The number of rotatable bonds is 0. The molecule has 0 saturated heterocycles. The first-order valence-electron chi connectivity index (χ1n) is 2.43. The number of aryl methyl sites for hydroxylation is 1. The van der Waals surface area contributed by atoms with Crippen LogP contribution in [-0.4, -0.2) is 0 Å². The molecule has 0 aliphatic rings. The van der Waals surface area contributed by atoms with Gasteiger partial charge in [0, 0.05) is 5.82 Å². The van der Waals surface area contributed by atoms with Crippen molar-refractivity contribution in [3.05, 3.63) is 35.6 Å². The van der Waals surface area contributed by atoms with E-state index in [4.69, 9.17) is 0 Å². The van der Waals surface area contributed by atoms with Crippen LogP contribution in [0.3, 0.4) is 0 Å². The minimum atomic E-state index is -0.187. The van der Waals surface area contributed by atoms with E-state index in [9.17, 15) is 4.39 Å². The molecular weight excluding hydrogens is 110 g/mol. The predicted octanol–water partition coefficient (Wildman–Crippen LogP) is -1.06. The first-order valence-corrected chi connectivity index (χ1v) is 2.43. The molecule has 0 saturated carbocycles. The molecule has 42 valence electrons. The minimum absolute atomic E-state index is 0. The van der Waals surface area contributed by atoms with E-state index >= 15 is 0 Å². The molecule has 0 amide bonds. The Morgan fingerprint density at radius 1 is 1.56 bits per heavy atom. The number of benzene rings is 1. The average Bonchev–Trinajstić information content (AvgIpc) is 1.77. The van der Waals surface area contributed by atoms with E-state index in [0.29, 0.717) is 5.56 Å². The molecule has 1 aromatic rings. The summed E-state index contributed by atoms with van der Waals surface area (Å²) in [4.78, 5) is 0. The zero-order chi connectivity index (χ0) is 5.98. The first-order chi connectivity index (χ1) is 3.80. The molecule has 2 heteroatoms. The summed E-state index contributed by atoms with van der Waals surface area (Å²) in [6.07, 6.45) is 0. The Morgan fingerprint density at radius 2 is 2.22 bits per heavy atom. The van der Waals surface area contributed by atoms with Crippen LogP contribution in [0.5, 0.6) is 0 Å². The summed E-state index contributed by atoms with van der Waals surface area (Å²) in [6.45, 7) is 1.73. The fraction of sp³-hybridized carbons (Fsp3) is 0.143. The maximum atomic E-state index is 12.3.